The van der Waals surface area contributed by atoms with E-state index in [1.165, 1.54) is 16.0 Å². The molecule has 0 amide bonds. The molecule has 100 valence electrons. The molecule has 1 N–H and O–H groups in total. The topological polar surface area (TPSA) is 24.9 Å². The Balaban J connectivity index is 1.89. The van der Waals surface area contributed by atoms with Crippen LogP contribution in [0.1, 0.15) is 24.1 Å². The van der Waals surface area contributed by atoms with Gasteiger partial charge in [-0.1, -0.05) is 12.1 Å². The summed E-state index contributed by atoms with van der Waals surface area (Å²) in [5.74, 6) is 1.10. The summed E-state index contributed by atoms with van der Waals surface area (Å²) in [4.78, 5) is 5.38. The second kappa shape index (κ2) is 7.31. The fraction of sp³-hybridized carbons (Fsp3) is 0.312. The average molecular weight is 272 g/mol. The van der Waals surface area contributed by atoms with Gasteiger partial charge in [0.1, 0.15) is 0 Å². The van der Waals surface area contributed by atoms with Crippen molar-refractivity contribution in [3.05, 3.63) is 59.9 Å². The number of aryl methyl sites for hydroxylation is 1. The minimum Gasteiger partial charge on any atom is -0.313 e. The fourth-order valence-corrected chi connectivity index (χ4v) is 2.84. The molecule has 0 saturated heterocycles. The third kappa shape index (κ3) is 4.37. The van der Waals surface area contributed by atoms with Crippen LogP contribution < -0.4 is 5.32 Å². The van der Waals surface area contributed by atoms with Gasteiger partial charge in [0.25, 0.3) is 0 Å². The third-order valence-corrected chi connectivity index (χ3v) is 4.20. The molecule has 19 heavy (non-hydrogen) atoms. The average Bonchev–Trinajstić information content (AvgIpc) is 2.48. The van der Waals surface area contributed by atoms with Gasteiger partial charge < -0.3 is 5.32 Å². The summed E-state index contributed by atoms with van der Waals surface area (Å²) in [5.41, 5.74) is 2.69. The molecule has 0 aliphatic carbocycles. The molecule has 2 nitrogen and oxygen atoms in total. The quantitative estimate of drug-likeness (QED) is 0.812. The van der Waals surface area contributed by atoms with E-state index in [1.807, 2.05) is 31.2 Å². The normalized spacial score (nSPS) is 12.3. The van der Waals surface area contributed by atoms with E-state index in [2.05, 4.69) is 53.6 Å². The van der Waals surface area contributed by atoms with E-state index in [4.69, 9.17) is 0 Å². The molecular formula is C16H20N2S. The summed E-state index contributed by atoms with van der Waals surface area (Å²) in [5, 5.41) is 3.27. The van der Waals surface area contributed by atoms with Gasteiger partial charge in [0.15, 0.2) is 0 Å². The van der Waals surface area contributed by atoms with Crippen LogP contribution in [0.2, 0.25) is 0 Å². The van der Waals surface area contributed by atoms with Crippen LogP contribution in [0, 0.1) is 0 Å². The molecule has 2 aromatic rings. The molecule has 0 aliphatic rings. The van der Waals surface area contributed by atoms with Crippen molar-refractivity contribution in [3.8, 4) is 0 Å². The smallest absolute Gasteiger partial charge is 0.0289 e. The van der Waals surface area contributed by atoms with Gasteiger partial charge in [0.05, 0.1) is 0 Å². The molecule has 0 radical (unpaired) electrons. The number of pyridine rings is 1. The van der Waals surface area contributed by atoms with E-state index < -0.39 is 0 Å². The molecule has 1 atom stereocenters. The molecule has 0 spiro atoms. The number of hydrogen-bond donors (Lipinski definition) is 1. The molecule has 3 heteroatoms. The highest BCUT2D eigenvalue weighted by Crippen LogP contribution is 2.23. The number of rotatable bonds is 6. The maximum atomic E-state index is 4.04. The molecule has 1 heterocycles. The Labute approximate surface area is 119 Å². The number of nitrogens with one attached hydrogen (secondary N) is 1. The lowest BCUT2D eigenvalue weighted by Gasteiger charge is -2.11. The lowest BCUT2D eigenvalue weighted by molar-refractivity contribution is 0.651. The van der Waals surface area contributed by atoms with Crippen LogP contribution in [0.3, 0.4) is 0 Å². The molecule has 2 rings (SSSR count). The molecular weight excluding hydrogens is 252 g/mol. The first-order valence-electron chi connectivity index (χ1n) is 6.58. The Kier molecular flexibility index (Phi) is 5.43. The highest BCUT2D eigenvalue weighted by molar-refractivity contribution is 7.99. The number of aromatic nitrogens is 1. The van der Waals surface area contributed by atoms with Crippen LogP contribution in [0.15, 0.2) is 53.7 Å². The monoisotopic (exact) mass is 272 g/mol. The Bertz CT molecular complexity index is 499. The zero-order valence-corrected chi connectivity index (χ0v) is 12.3. The van der Waals surface area contributed by atoms with Crippen molar-refractivity contribution in [2.75, 3.05) is 12.8 Å². The summed E-state index contributed by atoms with van der Waals surface area (Å²) in [7, 11) is 1.99. The van der Waals surface area contributed by atoms with Crippen molar-refractivity contribution in [3.63, 3.8) is 0 Å². The first-order chi connectivity index (χ1) is 9.29. The summed E-state index contributed by atoms with van der Waals surface area (Å²) in [6.45, 7) is 2.18. The van der Waals surface area contributed by atoms with Crippen molar-refractivity contribution in [1.82, 2.24) is 10.3 Å². The standard InChI is InChI=1S/C16H20N2S/c1-13(17-2)15-4-3-5-16(12-15)19-11-8-14-6-9-18-10-7-14/h3-7,9-10,12-13,17H,8,11H2,1-2H3. The number of benzene rings is 1. The van der Waals surface area contributed by atoms with Gasteiger partial charge in [0.2, 0.25) is 0 Å². The van der Waals surface area contributed by atoms with Crippen molar-refractivity contribution in [2.45, 2.75) is 24.3 Å². The van der Waals surface area contributed by atoms with Gasteiger partial charge >= 0.3 is 0 Å². The van der Waals surface area contributed by atoms with Crippen molar-refractivity contribution < 1.29 is 0 Å². The van der Waals surface area contributed by atoms with E-state index in [9.17, 15) is 0 Å². The maximum Gasteiger partial charge on any atom is 0.0289 e. The summed E-state index contributed by atoms with van der Waals surface area (Å²) >= 11 is 1.91. The fourth-order valence-electron chi connectivity index (χ4n) is 1.88. The van der Waals surface area contributed by atoms with Crippen LogP contribution in [0.5, 0.6) is 0 Å². The molecule has 0 saturated carbocycles. The zero-order valence-electron chi connectivity index (χ0n) is 11.5. The largest absolute Gasteiger partial charge is 0.313 e. The van der Waals surface area contributed by atoms with Crippen LogP contribution in [0.25, 0.3) is 0 Å². The van der Waals surface area contributed by atoms with Crippen molar-refractivity contribution in [2.24, 2.45) is 0 Å². The first-order valence-corrected chi connectivity index (χ1v) is 7.57. The Morgan fingerprint density at radius 1 is 1.21 bits per heavy atom. The predicted octanol–water partition coefficient (Wildman–Crippen LogP) is 3.70. The molecule has 1 aromatic heterocycles. The summed E-state index contributed by atoms with van der Waals surface area (Å²) in [6.07, 6.45) is 4.80. The van der Waals surface area contributed by atoms with Gasteiger partial charge in [-0.3, -0.25) is 4.98 Å². The Morgan fingerprint density at radius 3 is 2.74 bits per heavy atom. The van der Waals surface area contributed by atoms with Crippen LogP contribution in [0.4, 0.5) is 0 Å². The number of thioether (sulfide) groups is 1. The first kappa shape index (κ1) is 14.1. The van der Waals surface area contributed by atoms with Gasteiger partial charge in [0, 0.05) is 29.1 Å². The lowest BCUT2D eigenvalue weighted by Crippen LogP contribution is -2.12. The highest BCUT2D eigenvalue weighted by atomic mass is 32.2. The molecule has 0 aliphatic heterocycles. The second-order valence-electron chi connectivity index (χ2n) is 4.54. The van der Waals surface area contributed by atoms with E-state index in [-0.39, 0.29) is 0 Å². The van der Waals surface area contributed by atoms with Gasteiger partial charge in [-0.25, -0.2) is 0 Å². The number of hydrogen-bond acceptors (Lipinski definition) is 3. The van der Waals surface area contributed by atoms with E-state index in [1.54, 1.807) is 0 Å². The summed E-state index contributed by atoms with van der Waals surface area (Å²) in [6, 6.07) is 13.3. The minimum atomic E-state index is 0.403. The van der Waals surface area contributed by atoms with Gasteiger partial charge in [-0.15, -0.1) is 11.8 Å². The summed E-state index contributed by atoms with van der Waals surface area (Å²) < 4.78 is 0. The molecule has 1 aromatic carbocycles. The van der Waals surface area contributed by atoms with E-state index in [0.29, 0.717) is 6.04 Å². The zero-order chi connectivity index (χ0) is 13.5. The maximum absolute atomic E-state index is 4.04. The van der Waals surface area contributed by atoms with Crippen LogP contribution in [-0.4, -0.2) is 17.8 Å². The van der Waals surface area contributed by atoms with E-state index >= 15 is 0 Å². The third-order valence-electron chi connectivity index (χ3n) is 3.20. The number of nitrogens with zero attached hydrogens (tertiary/aromatic N) is 1. The molecule has 0 bridgehead atoms. The Hall–Kier alpha value is -1.32. The van der Waals surface area contributed by atoms with Crippen LogP contribution in [-0.2, 0) is 6.42 Å². The van der Waals surface area contributed by atoms with E-state index in [0.717, 1.165) is 12.2 Å². The van der Waals surface area contributed by atoms with Crippen LogP contribution >= 0.6 is 11.8 Å². The second-order valence-corrected chi connectivity index (χ2v) is 5.71. The Morgan fingerprint density at radius 2 is 2.00 bits per heavy atom. The molecule has 0 fully saturated rings. The minimum absolute atomic E-state index is 0.403. The van der Waals surface area contributed by atoms with Crippen molar-refractivity contribution in [1.29, 1.82) is 0 Å². The predicted molar refractivity (Wildman–Crippen MR) is 82.6 cm³/mol. The molecule has 1 unspecified atom stereocenters. The van der Waals surface area contributed by atoms with Crippen molar-refractivity contribution >= 4 is 11.8 Å². The van der Waals surface area contributed by atoms with Gasteiger partial charge in [-0.05, 0) is 55.8 Å². The lowest BCUT2D eigenvalue weighted by atomic mass is 10.1. The SMILES string of the molecule is CNC(C)c1cccc(SCCc2ccncc2)c1. The highest BCUT2D eigenvalue weighted by Gasteiger charge is 2.03. The van der Waals surface area contributed by atoms with Gasteiger partial charge in [-0.2, -0.15) is 0 Å².